The number of anilines is 2. The van der Waals surface area contributed by atoms with Gasteiger partial charge in [-0.2, -0.15) is 0 Å². The van der Waals surface area contributed by atoms with Crippen molar-refractivity contribution in [3.8, 4) is 0 Å². The molecule has 0 aliphatic carbocycles. The molecular formula is C18H26ClN3O3S. The number of amides is 1. The van der Waals surface area contributed by atoms with Gasteiger partial charge in [-0.1, -0.05) is 6.07 Å². The topological polar surface area (TPSA) is 78.5 Å². The SMILES string of the molecule is Cl.O=C(CC1CC2CCC(C1)N2)Nc1cccc(N2CCCS2(=O)=O)c1. The highest BCUT2D eigenvalue weighted by atomic mass is 35.5. The number of hydrogen-bond donors (Lipinski definition) is 2. The third kappa shape index (κ3) is 4.15. The quantitative estimate of drug-likeness (QED) is 0.815. The molecule has 2 N–H and O–H groups in total. The van der Waals surface area contributed by atoms with Crippen molar-refractivity contribution in [3.05, 3.63) is 24.3 Å². The van der Waals surface area contributed by atoms with Crippen LogP contribution in [0, 0.1) is 5.92 Å². The monoisotopic (exact) mass is 399 g/mol. The minimum Gasteiger partial charge on any atom is -0.326 e. The molecule has 3 aliphatic heterocycles. The molecule has 26 heavy (non-hydrogen) atoms. The second-order valence-corrected chi connectivity index (χ2v) is 9.53. The minimum atomic E-state index is -3.20. The third-order valence-electron chi connectivity index (χ3n) is 5.56. The van der Waals surface area contributed by atoms with Crippen molar-refractivity contribution in [3.63, 3.8) is 0 Å². The summed E-state index contributed by atoms with van der Waals surface area (Å²) in [6.45, 7) is 0.511. The fourth-order valence-corrected chi connectivity index (χ4v) is 6.04. The normalized spacial score (nSPS) is 29.2. The van der Waals surface area contributed by atoms with Crippen LogP contribution in [0.15, 0.2) is 24.3 Å². The van der Waals surface area contributed by atoms with E-state index in [0.29, 0.717) is 48.8 Å². The lowest BCUT2D eigenvalue weighted by Gasteiger charge is -2.28. The van der Waals surface area contributed by atoms with E-state index in [1.165, 1.54) is 17.1 Å². The van der Waals surface area contributed by atoms with Gasteiger partial charge in [-0.05, 0) is 56.2 Å². The van der Waals surface area contributed by atoms with Crippen molar-refractivity contribution in [1.29, 1.82) is 0 Å². The second-order valence-electron chi connectivity index (χ2n) is 7.52. The number of fused-ring (bicyclic) bond motifs is 2. The molecule has 0 spiro atoms. The highest BCUT2D eigenvalue weighted by Crippen LogP contribution is 2.33. The lowest BCUT2D eigenvalue weighted by Crippen LogP contribution is -2.39. The summed E-state index contributed by atoms with van der Waals surface area (Å²) in [7, 11) is -3.20. The lowest BCUT2D eigenvalue weighted by molar-refractivity contribution is -0.117. The Bertz CT molecular complexity index is 759. The van der Waals surface area contributed by atoms with E-state index in [2.05, 4.69) is 10.6 Å². The van der Waals surface area contributed by atoms with Gasteiger partial charge in [-0.15, -0.1) is 12.4 Å². The summed E-state index contributed by atoms with van der Waals surface area (Å²) in [5.41, 5.74) is 1.30. The van der Waals surface area contributed by atoms with Gasteiger partial charge in [0.15, 0.2) is 0 Å². The molecule has 0 aromatic heterocycles. The van der Waals surface area contributed by atoms with Crippen LogP contribution in [0.3, 0.4) is 0 Å². The van der Waals surface area contributed by atoms with Crippen LogP contribution in [0.25, 0.3) is 0 Å². The largest absolute Gasteiger partial charge is 0.326 e. The average Bonchev–Trinajstić information content (AvgIpc) is 3.08. The standard InChI is InChI=1S/C18H25N3O3S.ClH/c22-18(11-13-9-15-5-6-16(10-13)19-15)20-14-3-1-4-17(12-14)21-7-2-8-25(21,23)24;/h1,3-4,12-13,15-16,19H,2,5-11H2,(H,20,22);1H. The average molecular weight is 400 g/mol. The molecule has 8 heteroatoms. The molecule has 3 aliphatic rings. The highest BCUT2D eigenvalue weighted by Gasteiger charge is 2.34. The van der Waals surface area contributed by atoms with Crippen LogP contribution in [0.2, 0.25) is 0 Å². The Balaban J connectivity index is 0.00000196. The van der Waals surface area contributed by atoms with Gasteiger partial charge in [0.1, 0.15) is 0 Å². The molecule has 2 bridgehead atoms. The molecular weight excluding hydrogens is 374 g/mol. The molecule has 0 saturated carbocycles. The van der Waals surface area contributed by atoms with E-state index in [-0.39, 0.29) is 24.1 Å². The number of nitrogens with one attached hydrogen (secondary N) is 2. The maximum atomic E-state index is 12.4. The van der Waals surface area contributed by atoms with Crippen LogP contribution in [0.4, 0.5) is 11.4 Å². The van der Waals surface area contributed by atoms with Crippen molar-refractivity contribution in [2.24, 2.45) is 5.92 Å². The van der Waals surface area contributed by atoms with Crippen LogP contribution in [-0.4, -0.2) is 38.7 Å². The number of sulfonamides is 1. The van der Waals surface area contributed by atoms with E-state index < -0.39 is 10.0 Å². The smallest absolute Gasteiger partial charge is 0.235 e. The van der Waals surface area contributed by atoms with E-state index in [1.807, 2.05) is 6.07 Å². The molecule has 3 heterocycles. The number of benzene rings is 1. The number of piperidine rings is 1. The summed E-state index contributed by atoms with van der Waals surface area (Å²) in [5, 5.41) is 6.55. The Morgan fingerprint density at radius 3 is 2.62 bits per heavy atom. The first-order valence-electron chi connectivity index (χ1n) is 9.16. The lowest BCUT2D eigenvalue weighted by atomic mass is 9.89. The fraction of sp³-hybridized carbons (Fsp3) is 0.611. The number of carbonyl (C=O) groups excluding carboxylic acids is 1. The zero-order valence-corrected chi connectivity index (χ0v) is 16.3. The Kier molecular flexibility index (Phi) is 5.79. The van der Waals surface area contributed by atoms with Gasteiger partial charge in [0.05, 0.1) is 11.4 Å². The van der Waals surface area contributed by atoms with Gasteiger partial charge in [0.25, 0.3) is 0 Å². The Hall–Kier alpha value is -1.31. The van der Waals surface area contributed by atoms with Crippen LogP contribution in [0.1, 0.15) is 38.5 Å². The highest BCUT2D eigenvalue weighted by molar-refractivity contribution is 7.93. The Morgan fingerprint density at radius 1 is 1.23 bits per heavy atom. The molecule has 144 valence electrons. The molecule has 2 atom stereocenters. The minimum absolute atomic E-state index is 0. The van der Waals surface area contributed by atoms with Gasteiger partial charge < -0.3 is 10.6 Å². The molecule has 2 unspecified atom stereocenters. The van der Waals surface area contributed by atoms with Gasteiger partial charge >= 0.3 is 0 Å². The van der Waals surface area contributed by atoms with Crippen LogP contribution >= 0.6 is 12.4 Å². The molecule has 3 saturated heterocycles. The molecule has 1 amide bonds. The van der Waals surface area contributed by atoms with Gasteiger partial charge in [-0.25, -0.2) is 8.42 Å². The number of nitrogens with zero attached hydrogens (tertiary/aromatic N) is 1. The number of hydrogen-bond acceptors (Lipinski definition) is 4. The van der Waals surface area contributed by atoms with Crippen LogP contribution < -0.4 is 14.9 Å². The molecule has 1 aromatic rings. The Morgan fingerprint density at radius 2 is 1.96 bits per heavy atom. The van der Waals surface area contributed by atoms with E-state index in [4.69, 9.17) is 0 Å². The van der Waals surface area contributed by atoms with Crippen LogP contribution in [0.5, 0.6) is 0 Å². The van der Waals surface area contributed by atoms with Crippen molar-refractivity contribution in [1.82, 2.24) is 5.32 Å². The van der Waals surface area contributed by atoms with Crippen LogP contribution in [-0.2, 0) is 14.8 Å². The number of halogens is 1. The van der Waals surface area contributed by atoms with Gasteiger partial charge in [0, 0.05) is 30.7 Å². The summed E-state index contributed by atoms with van der Waals surface area (Å²) in [6.07, 6.45) is 5.81. The molecule has 1 aromatic carbocycles. The Labute approximate surface area is 161 Å². The summed E-state index contributed by atoms with van der Waals surface area (Å²) < 4.78 is 25.6. The summed E-state index contributed by atoms with van der Waals surface area (Å²) in [6, 6.07) is 8.32. The predicted octanol–water partition coefficient (Wildman–Crippen LogP) is 2.51. The van der Waals surface area contributed by atoms with Crippen molar-refractivity contribution >= 4 is 39.7 Å². The van der Waals surface area contributed by atoms with Crippen molar-refractivity contribution in [2.75, 3.05) is 21.9 Å². The maximum Gasteiger partial charge on any atom is 0.235 e. The zero-order valence-electron chi connectivity index (χ0n) is 14.7. The van der Waals surface area contributed by atoms with E-state index in [9.17, 15) is 13.2 Å². The van der Waals surface area contributed by atoms with Crippen molar-refractivity contribution in [2.45, 2.75) is 50.6 Å². The molecule has 0 radical (unpaired) electrons. The maximum absolute atomic E-state index is 12.4. The third-order valence-corrected chi connectivity index (χ3v) is 7.43. The predicted molar refractivity (Wildman–Crippen MR) is 105 cm³/mol. The first-order chi connectivity index (χ1) is 12.0. The molecule has 6 nitrogen and oxygen atoms in total. The second kappa shape index (κ2) is 7.74. The van der Waals surface area contributed by atoms with E-state index in [1.54, 1.807) is 18.2 Å². The number of carbonyl (C=O) groups is 1. The number of rotatable bonds is 4. The first kappa shape index (κ1) is 19.5. The molecule has 3 fully saturated rings. The summed E-state index contributed by atoms with van der Waals surface area (Å²) >= 11 is 0. The first-order valence-corrected chi connectivity index (χ1v) is 10.8. The molecule has 4 rings (SSSR count). The van der Waals surface area contributed by atoms with Gasteiger partial charge in [-0.3, -0.25) is 9.10 Å². The van der Waals surface area contributed by atoms with E-state index >= 15 is 0 Å². The summed E-state index contributed by atoms with van der Waals surface area (Å²) in [4.78, 5) is 12.4. The van der Waals surface area contributed by atoms with Crippen molar-refractivity contribution < 1.29 is 13.2 Å². The summed E-state index contributed by atoms with van der Waals surface area (Å²) in [5.74, 6) is 0.662. The zero-order chi connectivity index (χ0) is 17.4. The fourth-order valence-electron chi connectivity index (χ4n) is 4.48. The van der Waals surface area contributed by atoms with E-state index in [0.717, 1.165) is 12.8 Å². The van der Waals surface area contributed by atoms with Gasteiger partial charge in [0.2, 0.25) is 15.9 Å².